The SMILES string of the molecule is CC[C@H](C)[C@@H](C(CC(=O)N1CCC[C@H]1[C@H](OC)[C@@H](C)C(=O)N[C@H](C)[C@@H](O)c1ccccc1)OC)N(C)C(=O)[C@@H](NC(=O)[C@H](C(C)C)N(C)C(=O)O[C@H]1/C=C/CC[C@@](C)(C(=O)O)CC1)C(C)C. The number of likely N-dealkylation sites (tertiary alicyclic amines) is 1. The second-order valence-electron chi connectivity index (χ2n) is 19.6. The Morgan fingerprint density at radius 1 is 0.879 bits per heavy atom. The molecule has 1 aliphatic heterocycles. The normalized spacial score (nSPS) is 23.4. The Morgan fingerprint density at radius 3 is 2.09 bits per heavy atom. The molecule has 1 saturated heterocycles. The summed E-state index contributed by atoms with van der Waals surface area (Å²) in [5, 5.41) is 26.6. The van der Waals surface area contributed by atoms with Gasteiger partial charge in [-0.25, -0.2) is 4.79 Å². The van der Waals surface area contributed by atoms with Crippen LogP contribution in [0.3, 0.4) is 0 Å². The number of aliphatic carboxylic acids is 1. The lowest BCUT2D eigenvalue weighted by Gasteiger charge is -2.41. The summed E-state index contributed by atoms with van der Waals surface area (Å²) in [6, 6.07) is 5.56. The first kappa shape index (κ1) is 55.8. The van der Waals surface area contributed by atoms with Crippen LogP contribution < -0.4 is 10.6 Å². The zero-order chi connectivity index (χ0) is 49.6. The maximum absolute atomic E-state index is 14.6. The van der Waals surface area contributed by atoms with E-state index in [0.29, 0.717) is 57.1 Å². The number of amides is 5. The van der Waals surface area contributed by atoms with Crippen LogP contribution in [-0.2, 0) is 38.2 Å². The first-order chi connectivity index (χ1) is 31.0. The van der Waals surface area contributed by atoms with Crippen molar-refractivity contribution in [1.29, 1.82) is 0 Å². The number of benzene rings is 1. The van der Waals surface area contributed by atoms with Crippen molar-refractivity contribution in [3.8, 4) is 0 Å². The van der Waals surface area contributed by atoms with Crippen LogP contribution in [0.4, 0.5) is 4.79 Å². The number of likely N-dealkylation sites (N-methyl/N-ethyl adjacent to an activating group) is 2. The van der Waals surface area contributed by atoms with Crippen molar-refractivity contribution in [3.05, 3.63) is 48.0 Å². The smallest absolute Gasteiger partial charge is 0.410 e. The molecule has 1 aliphatic carbocycles. The number of aliphatic hydroxyl groups excluding tert-OH is 1. The number of ether oxygens (including phenoxy) is 3. The maximum Gasteiger partial charge on any atom is 0.410 e. The summed E-state index contributed by atoms with van der Waals surface area (Å²) in [5.41, 5.74) is -0.260. The molecule has 5 amide bonds. The number of aliphatic hydroxyl groups is 1. The molecule has 4 N–H and O–H groups in total. The van der Waals surface area contributed by atoms with Crippen molar-refractivity contribution < 1.29 is 53.2 Å². The number of hydrogen-bond acceptors (Lipinski definition) is 10. The lowest BCUT2D eigenvalue weighted by atomic mass is 9.79. The lowest BCUT2D eigenvalue weighted by Crippen LogP contribution is -2.60. The van der Waals surface area contributed by atoms with Gasteiger partial charge in [-0.05, 0) is 81.8 Å². The summed E-state index contributed by atoms with van der Waals surface area (Å²) < 4.78 is 17.8. The van der Waals surface area contributed by atoms with Gasteiger partial charge in [-0.1, -0.05) is 91.3 Å². The van der Waals surface area contributed by atoms with Gasteiger partial charge in [0.2, 0.25) is 23.6 Å². The Balaban J connectivity index is 1.76. The molecule has 3 rings (SSSR count). The summed E-state index contributed by atoms with van der Waals surface area (Å²) in [6.45, 7) is 16.9. The van der Waals surface area contributed by atoms with Gasteiger partial charge in [0.15, 0.2) is 0 Å². The summed E-state index contributed by atoms with van der Waals surface area (Å²) in [5.74, 6) is -3.83. The van der Waals surface area contributed by atoms with E-state index in [-0.39, 0.29) is 41.9 Å². The Kier molecular flexibility index (Phi) is 21.6. The number of hydrogen-bond donors (Lipinski definition) is 4. The van der Waals surface area contributed by atoms with Crippen LogP contribution in [0.5, 0.6) is 0 Å². The van der Waals surface area contributed by atoms with Gasteiger partial charge in [0.05, 0.1) is 54.2 Å². The zero-order valence-corrected chi connectivity index (χ0v) is 41.8. The molecule has 66 heavy (non-hydrogen) atoms. The standard InChI is InChI=1S/C50H81N5O11/c1-14-32(6)42(38(64-12)29-39(56)55-28-20-24-37(55)44(65-13)33(7)45(58)51-34(8)43(57)35-21-16-15-17-22-35)53(10)47(60)40(30(2)3)52-46(59)41(31(4)5)54(11)49(63)66-36-23-18-19-26-50(9,27-25-36)48(61)62/h15-18,21-23,30-34,36-38,40-44,57H,14,19-20,24-29H2,1-13H3,(H,51,58)(H,52,59)(H,61,62)/b23-18+/t32-,33+,34+,36-,37-,38?,40-,41-,42-,43+,44+,50+/m0/s1. The zero-order valence-electron chi connectivity index (χ0n) is 41.8. The highest BCUT2D eigenvalue weighted by molar-refractivity contribution is 5.92. The van der Waals surface area contributed by atoms with Gasteiger partial charge in [0.1, 0.15) is 18.2 Å². The van der Waals surface area contributed by atoms with Gasteiger partial charge in [0.25, 0.3) is 0 Å². The quantitative estimate of drug-likeness (QED) is 0.0998. The molecule has 12 atom stereocenters. The van der Waals surface area contributed by atoms with Crippen LogP contribution in [0.25, 0.3) is 0 Å². The molecule has 0 aromatic heterocycles. The van der Waals surface area contributed by atoms with Gasteiger partial charge in [-0.2, -0.15) is 0 Å². The highest BCUT2D eigenvalue weighted by Crippen LogP contribution is 2.34. The third-order valence-corrected chi connectivity index (χ3v) is 14.0. The number of carbonyl (C=O) groups is 6. The Hall–Kier alpha value is -4.54. The molecule has 16 heteroatoms. The second-order valence-corrected chi connectivity index (χ2v) is 19.6. The van der Waals surface area contributed by atoms with Crippen LogP contribution in [0.2, 0.25) is 0 Å². The van der Waals surface area contributed by atoms with E-state index in [0.717, 1.165) is 0 Å². The number of methoxy groups -OCH3 is 2. The number of carboxylic acids is 1. The van der Waals surface area contributed by atoms with Crippen LogP contribution in [0.15, 0.2) is 42.5 Å². The van der Waals surface area contributed by atoms with E-state index in [1.165, 1.54) is 26.2 Å². The van der Waals surface area contributed by atoms with Crippen molar-refractivity contribution in [3.63, 3.8) is 0 Å². The molecule has 1 unspecified atom stereocenters. The van der Waals surface area contributed by atoms with Crippen LogP contribution in [0.1, 0.15) is 125 Å². The summed E-state index contributed by atoms with van der Waals surface area (Å²) in [7, 11) is 6.19. The monoisotopic (exact) mass is 928 g/mol. The van der Waals surface area contributed by atoms with E-state index < -0.39 is 83.9 Å². The van der Waals surface area contributed by atoms with Gasteiger partial charge in [-0.15, -0.1) is 0 Å². The van der Waals surface area contributed by atoms with Crippen LogP contribution in [-0.4, -0.2) is 144 Å². The average Bonchev–Trinajstić information content (AvgIpc) is 3.76. The van der Waals surface area contributed by atoms with Crippen LogP contribution in [0, 0.1) is 29.1 Å². The van der Waals surface area contributed by atoms with E-state index >= 15 is 0 Å². The van der Waals surface area contributed by atoms with Gasteiger partial charge < -0.3 is 44.9 Å². The molecule has 2 aliphatic rings. The molecule has 0 saturated carbocycles. The fraction of sp³-hybridized carbons (Fsp3) is 0.720. The minimum absolute atomic E-state index is 0.0519. The van der Waals surface area contributed by atoms with Crippen molar-refractivity contribution in [2.45, 2.75) is 168 Å². The average molecular weight is 928 g/mol. The lowest BCUT2D eigenvalue weighted by molar-refractivity contribution is -0.149. The van der Waals surface area contributed by atoms with E-state index in [1.54, 1.807) is 69.7 Å². The van der Waals surface area contributed by atoms with E-state index in [9.17, 15) is 39.0 Å². The molecular weight excluding hydrogens is 847 g/mol. The minimum atomic E-state index is -1.00. The third kappa shape index (κ3) is 14.2. The Bertz CT molecular complexity index is 1790. The summed E-state index contributed by atoms with van der Waals surface area (Å²) in [4.78, 5) is 86.8. The molecule has 372 valence electrons. The molecule has 1 aromatic rings. The molecule has 16 nitrogen and oxygen atoms in total. The van der Waals surface area contributed by atoms with Crippen molar-refractivity contribution >= 4 is 35.7 Å². The molecule has 1 heterocycles. The van der Waals surface area contributed by atoms with Crippen LogP contribution >= 0.6 is 0 Å². The topological polar surface area (TPSA) is 204 Å². The fourth-order valence-electron chi connectivity index (χ4n) is 9.55. The number of nitrogens with one attached hydrogen (secondary N) is 2. The summed E-state index contributed by atoms with van der Waals surface area (Å²) >= 11 is 0. The van der Waals surface area contributed by atoms with Gasteiger partial charge in [-0.3, -0.25) is 28.9 Å². The van der Waals surface area contributed by atoms with Crippen molar-refractivity contribution in [2.24, 2.45) is 29.1 Å². The molecule has 1 fully saturated rings. The fourth-order valence-corrected chi connectivity index (χ4v) is 9.55. The molecule has 1 aromatic carbocycles. The van der Waals surface area contributed by atoms with Gasteiger partial charge >= 0.3 is 12.1 Å². The van der Waals surface area contributed by atoms with Crippen molar-refractivity contribution in [2.75, 3.05) is 34.9 Å². The molecule has 0 bridgehead atoms. The third-order valence-electron chi connectivity index (χ3n) is 14.0. The number of allylic oxidation sites excluding steroid dienone is 1. The number of carboxylic acid groups (broad SMARTS) is 1. The van der Waals surface area contributed by atoms with E-state index in [4.69, 9.17) is 14.2 Å². The van der Waals surface area contributed by atoms with E-state index in [2.05, 4.69) is 10.6 Å². The predicted molar refractivity (Wildman–Crippen MR) is 252 cm³/mol. The first-order valence-corrected chi connectivity index (χ1v) is 23.8. The summed E-state index contributed by atoms with van der Waals surface area (Å²) in [6.07, 6.45) is 3.47. The number of carbonyl (C=O) groups excluding carboxylic acids is 5. The Labute approximate surface area is 393 Å². The largest absolute Gasteiger partial charge is 0.481 e. The van der Waals surface area contributed by atoms with Crippen molar-refractivity contribution in [1.82, 2.24) is 25.3 Å². The predicted octanol–water partition coefficient (Wildman–Crippen LogP) is 5.97. The van der Waals surface area contributed by atoms with E-state index in [1.807, 2.05) is 52.0 Å². The Morgan fingerprint density at radius 2 is 1.53 bits per heavy atom. The highest BCUT2D eigenvalue weighted by Gasteiger charge is 2.44. The number of nitrogens with zero attached hydrogens (tertiary/aromatic N) is 3. The molecular formula is C50H81N5O11. The maximum atomic E-state index is 14.6. The minimum Gasteiger partial charge on any atom is -0.481 e. The first-order valence-electron chi connectivity index (χ1n) is 23.8. The molecule has 0 radical (unpaired) electrons. The van der Waals surface area contributed by atoms with Gasteiger partial charge in [0, 0.05) is 34.9 Å². The number of rotatable bonds is 22. The highest BCUT2D eigenvalue weighted by atomic mass is 16.6. The second kappa shape index (κ2) is 25.6. The molecule has 0 spiro atoms.